The maximum absolute atomic E-state index is 6.64. The molecule has 8 rings (SSSR count). The summed E-state index contributed by atoms with van der Waals surface area (Å²) in [6, 6.07) is 32.5. The molecule has 0 saturated heterocycles. The molecule has 47 heavy (non-hydrogen) atoms. The van der Waals surface area contributed by atoms with Gasteiger partial charge >= 0.3 is 194 Å². The maximum atomic E-state index is 6.64. The number of hydrogen-bond donors (Lipinski definition) is 0. The van der Waals surface area contributed by atoms with Gasteiger partial charge < -0.3 is 0 Å². The molecule has 4 aromatic carbocycles. The van der Waals surface area contributed by atoms with Gasteiger partial charge in [0.2, 0.25) is 0 Å². The van der Waals surface area contributed by atoms with Crippen LogP contribution in [0.25, 0.3) is 44.3 Å². The topological polar surface area (TPSA) is 36.9 Å². The van der Waals surface area contributed by atoms with Crippen LogP contribution in [0, 0.1) is 16.1 Å². The van der Waals surface area contributed by atoms with Crippen LogP contribution < -0.4 is 4.74 Å². The molecule has 0 bridgehead atoms. The van der Waals surface area contributed by atoms with E-state index in [0.717, 1.165) is 37.8 Å². The second-order valence-electron chi connectivity index (χ2n) is 14.7. The minimum Gasteiger partial charge on any atom is -0.0582 e. The Hall–Kier alpha value is -4.21. The molecule has 3 aromatic heterocycles. The Balaban J connectivity index is 1.30. The van der Waals surface area contributed by atoms with Crippen molar-refractivity contribution in [2.75, 3.05) is 0 Å². The summed E-state index contributed by atoms with van der Waals surface area (Å²) < 4.78 is 14.6. The molecular weight excluding hydrogens is 760 g/mol. The van der Waals surface area contributed by atoms with Gasteiger partial charge in [0.15, 0.2) is 0 Å². The van der Waals surface area contributed by atoms with Crippen molar-refractivity contribution in [2.45, 2.75) is 59.3 Å². The zero-order valence-corrected chi connectivity index (χ0v) is 30.5. The van der Waals surface area contributed by atoms with Gasteiger partial charge in [0.1, 0.15) is 0 Å². The van der Waals surface area contributed by atoms with Crippen molar-refractivity contribution in [3.05, 3.63) is 118 Å². The van der Waals surface area contributed by atoms with Crippen LogP contribution in [0.3, 0.4) is 0 Å². The molecule has 1 aliphatic carbocycles. The number of nitrogens with zero attached hydrogens (tertiary/aromatic N) is 4. The fourth-order valence-electron chi connectivity index (χ4n) is 7.82. The van der Waals surface area contributed by atoms with E-state index in [2.05, 4.69) is 173 Å². The molecule has 0 amide bonds. The van der Waals surface area contributed by atoms with E-state index in [4.69, 9.17) is 9.72 Å². The molecule has 3 heterocycles. The summed E-state index contributed by atoms with van der Waals surface area (Å²) in [5.41, 5.74) is 9.82. The Morgan fingerprint density at radius 3 is 2.06 bits per heavy atom. The van der Waals surface area contributed by atoms with Crippen LogP contribution in [-0.4, -0.2) is 18.7 Å². The van der Waals surface area contributed by atoms with Gasteiger partial charge in [-0.15, -0.1) is 0 Å². The van der Waals surface area contributed by atoms with Crippen LogP contribution in [0.5, 0.6) is 11.5 Å². The molecule has 6 heteroatoms. The van der Waals surface area contributed by atoms with E-state index in [-0.39, 0.29) is 16.2 Å². The van der Waals surface area contributed by atoms with E-state index in [0.29, 0.717) is 0 Å². The summed E-state index contributed by atoms with van der Waals surface area (Å²) in [6.07, 6.45) is 1.91. The zero-order valence-electron chi connectivity index (χ0n) is 28.3. The van der Waals surface area contributed by atoms with Gasteiger partial charge in [-0.3, -0.25) is 0 Å². The monoisotopic (exact) mass is 799 g/mol. The molecule has 5 nitrogen and oxygen atoms in total. The third-order valence-corrected chi connectivity index (χ3v) is 13.0. The number of fused-ring (bicyclic) bond motifs is 5. The van der Waals surface area contributed by atoms with Crippen molar-refractivity contribution in [1.29, 1.82) is 0 Å². The Bertz CT molecular complexity index is 2470. The van der Waals surface area contributed by atoms with Crippen molar-refractivity contribution in [2.24, 2.45) is 12.5 Å². The fraction of sp³-hybridized carbons (Fsp3) is 0.268. The summed E-state index contributed by atoms with van der Waals surface area (Å²) in [4.78, 5) is 4.88. The van der Waals surface area contributed by atoms with Gasteiger partial charge in [-0.2, -0.15) is 0 Å². The number of ether oxygens (including phenoxy) is 1. The Morgan fingerprint density at radius 2 is 1.32 bits per heavy atom. The molecule has 0 fully saturated rings. The summed E-state index contributed by atoms with van der Waals surface area (Å²) in [6.45, 7) is 16.6. The molecule has 0 unspecified atom stereocenters. The van der Waals surface area contributed by atoms with E-state index < -0.39 is 0 Å². The average Bonchev–Trinajstić information content (AvgIpc) is 3.53. The van der Waals surface area contributed by atoms with Crippen LogP contribution in [0.4, 0.5) is 0 Å². The number of aromatic nitrogens is 4. The molecule has 0 radical (unpaired) electrons. The van der Waals surface area contributed by atoms with E-state index in [1.165, 1.54) is 38.5 Å². The number of rotatable bonds is 4. The molecule has 0 atom stereocenters. The van der Waals surface area contributed by atoms with E-state index in [9.17, 15) is 0 Å². The van der Waals surface area contributed by atoms with Gasteiger partial charge in [0.05, 0.1) is 0 Å². The SMILES string of the molecule is Cc1ccnc(-n2c3cc(Oc4cccc(-n5[c](=[Pt])n(C)c6ccccc65)c4)ccc3c3cc4c(cc32)C(C)(C)C(C)(C)C4(C)C)c1. The normalized spacial score (nSPS) is 16.3. The van der Waals surface area contributed by atoms with Gasteiger partial charge in [0.25, 0.3) is 0 Å². The third-order valence-electron chi connectivity index (χ3n) is 11.7. The van der Waals surface area contributed by atoms with Crippen molar-refractivity contribution in [1.82, 2.24) is 18.7 Å². The number of hydrogen-bond acceptors (Lipinski definition) is 2. The average molecular weight is 800 g/mol. The molecule has 1 aliphatic rings. The van der Waals surface area contributed by atoms with Gasteiger partial charge in [0, 0.05) is 6.20 Å². The van der Waals surface area contributed by atoms with Crippen LogP contribution in [0.15, 0.2) is 97.2 Å². The Kier molecular flexibility index (Phi) is 6.51. The summed E-state index contributed by atoms with van der Waals surface area (Å²) >= 11 is 2.40. The van der Waals surface area contributed by atoms with E-state index in [1.54, 1.807) is 0 Å². The number of aryl methyl sites for hydroxylation is 2. The first-order chi connectivity index (χ1) is 22.3. The first-order valence-electron chi connectivity index (χ1n) is 16.3. The van der Waals surface area contributed by atoms with Crippen molar-refractivity contribution >= 4 is 32.8 Å². The first kappa shape index (κ1) is 30.1. The molecule has 0 spiro atoms. The number of para-hydroxylation sites is 2. The first-order valence-corrected chi connectivity index (χ1v) is 17.4. The quantitative estimate of drug-likeness (QED) is 0.178. The number of imidazole rings is 1. The summed E-state index contributed by atoms with van der Waals surface area (Å²) in [7, 11) is 2.11. The molecule has 0 aliphatic heterocycles. The zero-order chi connectivity index (χ0) is 33.0. The van der Waals surface area contributed by atoms with Gasteiger partial charge in [-0.1, -0.05) is 41.5 Å². The van der Waals surface area contributed by atoms with Crippen LogP contribution in [-0.2, 0) is 37.2 Å². The van der Waals surface area contributed by atoms with Gasteiger partial charge in [-0.25, -0.2) is 0 Å². The van der Waals surface area contributed by atoms with Crippen molar-refractivity contribution in [3.63, 3.8) is 0 Å². The fourth-order valence-corrected chi connectivity index (χ4v) is 8.66. The molecule has 0 N–H and O–H groups in total. The van der Waals surface area contributed by atoms with Gasteiger partial charge in [-0.05, 0) is 45.9 Å². The van der Waals surface area contributed by atoms with Crippen LogP contribution >= 0.6 is 0 Å². The Labute approximate surface area is 286 Å². The molecule has 0 saturated carbocycles. The number of benzene rings is 4. The molecule has 240 valence electrons. The smallest absolute Gasteiger partial charge is 0.0582 e. The minimum absolute atomic E-state index is 0.000572. The van der Waals surface area contributed by atoms with E-state index in [1.807, 2.05) is 12.3 Å². The summed E-state index contributed by atoms with van der Waals surface area (Å²) in [5, 5.41) is 2.45. The minimum atomic E-state index is 0.000572. The molecule has 7 aromatic rings. The van der Waals surface area contributed by atoms with Crippen LogP contribution in [0.2, 0.25) is 0 Å². The van der Waals surface area contributed by atoms with Crippen LogP contribution in [0.1, 0.15) is 58.2 Å². The Morgan fingerprint density at radius 1 is 0.638 bits per heavy atom. The third kappa shape index (κ3) is 4.18. The predicted molar refractivity (Wildman–Crippen MR) is 189 cm³/mol. The second kappa shape index (κ2) is 10.1. The second-order valence-corrected chi connectivity index (χ2v) is 15.7. The summed E-state index contributed by atoms with van der Waals surface area (Å²) in [5.74, 6) is 2.50. The number of pyridine rings is 1. The molecular formula is C41H40N4OPt. The van der Waals surface area contributed by atoms with E-state index >= 15 is 0 Å². The van der Waals surface area contributed by atoms with Crippen molar-refractivity contribution < 1.29 is 24.1 Å². The predicted octanol–water partition coefficient (Wildman–Crippen LogP) is 10.2. The standard InChI is InChI=1S/C41H40N4O.Pt/c1-26-18-19-42-38(20-26)45-36-22-29(46-28-13-11-12-27(21-28)44-25-43(8)34-14-9-10-15-35(34)44)16-17-30(36)31-23-32-33(24-37(31)45)40(4,5)41(6,7)39(32,2)3;/h9-24H,1-8H3;. The van der Waals surface area contributed by atoms with Crippen molar-refractivity contribution in [3.8, 4) is 23.0 Å².